The lowest BCUT2D eigenvalue weighted by molar-refractivity contribution is -0.138. The number of nitrogens with zero attached hydrogens (tertiary/aromatic N) is 2. The first kappa shape index (κ1) is 21.5. The van der Waals surface area contributed by atoms with Crippen LogP contribution in [0.5, 0.6) is 0 Å². The van der Waals surface area contributed by atoms with E-state index < -0.39 is 17.7 Å². The fraction of sp³-hybridized carbons (Fsp3) is 0.619. The Kier molecular flexibility index (Phi) is 6.70. The molecule has 1 N–H and O–H groups in total. The first-order valence-corrected chi connectivity index (χ1v) is 10.3. The number of carbonyl (C=O) groups excluding carboxylic acids is 2. The highest BCUT2D eigenvalue weighted by atomic mass is 19.4. The molecule has 2 amide bonds. The summed E-state index contributed by atoms with van der Waals surface area (Å²) >= 11 is 0. The van der Waals surface area contributed by atoms with Gasteiger partial charge in [0, 0.05) is 32.6 Å². The van der Waals surface area contributed by atoms with Gasteiger partial charge < -0.3 is 15.1 Å². The minimum Gasteiger partial charge on any atom is -0.370 e. The van der Waals surface area contributed by atoms with Crippen molar-refractivity contribution in [1.29, 1.82) is 0 Å². The van der Waals surface area contributed by atoms with Gasteiger partial charge in [0.25, 0.3) is 0 Å². The highest BCUT2D eigenvalue weighted by Crippen LogP contribution is 2.36. The molecule has 1 aromatic carbocycles. The number of carbonyl (C=O) groups is 2. The summed E-state index contributed by atoms with van der Waals surface area (Å²) < 4.78 is 39.7. The normalized spacial score (nSPS) is 20.5. The second kappa shape index (κ2) is 9.05. The summed E-state index contributed by atoms with van der Waals surface area (Å²) in [5.41, 5.74) is 0.0500. The highest BCUT2D eigenvalue weighted by molar-refractivity contribution is 5.96. The van der Waals surface area contributed by atoms with Crippen LogP contribution in [0.25, 0.3) is 0 Å². The van der Waals surface area contributed by atoms with E-state index in [-0.39, 0.29) is 17.5 Å². The Morgan fingerprint density at radius 2 is 1.83 bits per heavy atom. The van der Waals surface area contributed by atoms with E-state index in [4.69, 9.17) is 0 Å². The maximum atomic E-state index is 13.2. The van der Waals surface area contributed by atoms with Crippen LogP contribution in [0.3, 0.4) is 0 Å². The third kappa shape index (κ3) is 5.22. The Balaban J connectivity index is 1.81. The van der Waals surface area contributed by atoms with E-state index in [2.05, 4.69) is 5.32 Å². The maximum absolute atomic E-state index is 13.2. The van der Waals surface area contributed by atoms with Gasteiger partial charge in [-0.15, -0.1) is 0 Å². The zero-order valence-electron chi connectivity index (χ0n) is 16.7. The largest absolute Gasteiger partial charge is 0.416 e. The van der Waals surface area contributed by atoms with Crippen LogP contribution >= 0.6 is 0 Å². The SMILES string of the molecule is CCC(=O)N1CCCC(C(=O)Nc2cc(C(F)(F)F)ccc2N2CCCCC2)C1. The number of rotatable bonds is 4. The number of hydrogen-bond donors (Lipinski definition) is 1. The van der Waals surface area contributed by atoms with Gasteiger partial charge >= 0.3 is 6.18 Å². The van der Waals surface area contributed by atoms with Gasteiger partial charge in [0.2, 0.25) is 11.8 Å². The number of alkyl halides is 3. The number of halogens is 3. The second-order valence-corrected chi connectivity index (χ2v) is 7.80. The summed E-state index contributed by atoms with van der Waals surface area (Å²) in [5, 5.41) is 2.75. The van der Waals surface area contributed by atoms with Gasteiger partial charge in [-0.25, -0.2) is 0 Å². The number of hydrogen-bond acceptors (Lipinski definition) is 3. The molecule has 5 nitrogen and oxygen atoms in total. The van der Waals surface area contributed by atoms with Crippen LogP contribution in [-0.4, -0.2) is 42.9 Å². The predicted molar refractivity (Wildman–Crippen MR) is 106 cm³/mol. The molecule has 0 spiro atoms. The summed E-state index contributed by atoms with van der Waals surface area (Å²) in [7, 11) is 0. The lowest BCUT2D eigenvalue weighted by Gasteiger charge is -2.33. The van der Waals surface area contributed by atoms with Gasteiger partial charge in [-0.05, 0) is 50.3 Å². The van der Waals surface area contributed by atoms with E-state index in [1.54, 1.807) is 11.8 Å². The third-order valence-electron chi connectivity index (χ3n) is 5.73. The number of anilines is 2. The van der Waals surface area contributed by atoms with Gasteiger partial charge in [0.05, 0.1) is 22.9 Å². The molecule has 2 aliphatic rings. The smallest absolute Gasteiger partial charge is 0.370 e. The standard InChI is InChI=1S/C21H28F3N3O2/c1-2-19(28)27-12-6-7-15(14-27)20(29)25-17-13-16(21(22,23)24)8-9-18(17)26-10-4-3-5-11-26/h8-9,13,15H,2-7,10-12,14H2,1H3,(H,25,29). The van der Waals surface area contributed by atoms with E-state index in [0.717, 1.165) is 44.5 Å². The first-order chi connectivity index (χ1) is 13.8. The number of piperidine rings is 2. The predicted octanol–water partition coefficient (Wildman–Crippen LogP) is 4.28. The van der Waals surface area contributed by atoms with Crippen molar-refractivity contribution in [3.63, 3.8) is 0 Å². The molecule has 1 atom stereocenters. The van der Waals surface area contributed by atoms with Crippen LogP contribution in [0, 0.1) is 5.92 Å². The molecule has 1 aromatic rings. The average molecular weight is 411 g/mol. The first-order valence-electron chi connectivity index (χ1n) is 10.3. The van der Waals surface area contributed by atoms with Crippen molar-refractivity contribution in [3.8, 4) is 0 Å². The fourth-order valence-corrected chi connectivity index (χ4v) is 4.10. The van der Waals surface area contributed by atoms with Gasteiger partial charge in [-0.2, -0.15) is 13.2 Å². The molecule has 8 heteroatoms. The van der Waals surface area contributed by atoms with Crippen molar-refractivity contribution < 1.29 is 22.8 Å². The quantitative estimate of drug-likeness (QED) is 0.805. The summed E-state index contributed by atoms with van der Waals surface area (Å²) in [6.07, 6.45) is 0.289. The molecular weight excluding hydrogens is 383 g/mol. The van der Waals surface area contributed by atoms with Crippen LogP contribution in [0.4, 0.5) is 24.5 Å². The molecule has 1 unspecified atom stereocenters. The summed E-state index contributed by atoms with van der Waals surface area (Å²) in [5.74, 6) is -0.741. The Morgan fingerprint density at radius 1 is 1.10 bits per heavy atom. The van der Waals surface area contributed by atoms with Gasteiger partial charge in [0.15, 0.2) is 0 Å². The topological polar surface area (TPSA) is 52.7 Å². The molecule has 0 aromatic heterocycles. The lowest BCUT2D eigenvalue weighted by Crippen LogP contribution is -2.43. The van der Waals surface area contributed by atoms with Gasteiger partial charge in [-0.1, -0.05) is 6.92 Å². The number of benzene rings is 1. The second-order valence-electron chi connectivity index (χ2n) is 7.80. The van der Waals surface area contributed by atoms with E-state index in [1.807, 2.05) is 4.90 Å². The molecule has 0 radical (unpaired) electrons. The van der Waals surface area contributed by atoms with Crippen LogP contribution in [-0.2, 0) is 15.8 Å². The molecule has 2 fully saturated rings. The molecule has 160 valence electrons. The van der Waals surface area contributed by atoms with Crippen molar-refractivity contribution in [3.05, 3.63) is 23.8 Å². The van der Waals surface area contributed by atoms with Crippen LogP contribution in [0.2, 0.25) is 0 Å². The van der Waals surface area contributed by atoms with Crippen molar-refractivity contribution in [2.75, 3.05) is 36.4 Å². The Bertz CT molecular complexity index is 745. The van der Waals surface area contributed by atoms with Crippen molar-refractivity contribution in [1.82, 2.24) is 4.90 Å². The minimum absolute atomic E-state index is 0.00410. The summed E-state index contributed by atoms with van der Waals surface area (Å²) in [6, 6.07) is 3.55. The third-order valence-corrected chi connectivity index (χ3v) is 5.73. The van der Waals surface area contributed by atoms with E-state index in [1.165, 1.54) is 6.07 Å². The zero-order chi connectivity index (χ0) is 21.0. The van der Waals surface area contributed by atoms with Crippen LogP contribution < -0.4 is 10.2 Å². The Labute approximate surface area is 169 Å². The minimum atomic E-state index is -4.48. The van der Waals surface area contributed by atoms with E-state index >= 15 is 0 Å². The molecule has 0 aliphatic carbocycles. The Morgan fingerprint density at radius 3 is 2.48 bits per heavy atom. The Hall–Kier alpha value is -2.25. The number of amides is 2. The van der Waals surface area contributed by atoms with Crippen LogP contribution in [0.15, 0.2) is 18.2 Å². The molecule has 3 rings (SSSR count). The van der Waals surface area contributed by atoms with Crippen molar-refractivity contribution >= 4 is 23.2 Å². The lowest BCUT2D eigenvalue weighted by atomic mass is 9.96. The number of nitrogens with one attached hydrogen (secondary N) is 1. The highest BCUT2D eigenvalue weighted by Gasteiger charge is 2.33. The zero-order valence-corrected chi connectivity index (χ0v) is 16.7. The summed E-state index contributed by atoms with van der Waals surface area (Å²) in [6.45, 7) is 4.24. The summed E-state index contributed by atoms with van der Waals surface area (Å²) in [4.78, 5) is 28.5. The molecule has 0 bridgehead atoms. The van der Waals surface area contributed by atoms with Gasteiger partial charge in [-0.3, -0.25) is 9.59 Å². The molecule has 2 aliphatic heterocycles. The van der Waals surface area contributed by atoms with E-state index in [0.29, 0.717) is 38.0 Å². The molecular formula is C21H28F3N3O2. The number of likely N-dealkylation sites (tertiary alicyclic amines) is 1. The van der Waals surface area contributed by atoms with E-state index in [9.17, 15) is 22.8 Å². The van der Waals surface area contributed by atoms with Crippen LogP contribution in [0.1, 0.15) is 51.0 Å². The molecule has 2 saturated heterocycles. The molecule has 0 saturated carbocycles. The average Bonchev–Trinajstić information content (AvgIpc) is 2.73. The molecule has 29 heavy (non-hydrogen) atoms. The molecule has 2 heterocycles. The fourth-order valence-electron chi connectivity index (χ4n) is 4.10. The van der Waals surface area contributed by atoms with Crippen molar-refractivity contribution in [2.24, 2.45) is 5.92 Å². The van der Waals surface area contributed by atoms with Gasteiger partial charge in [0.1, 0.15) is 0 Å². The monoisotopic (exact) mass is 411 g/mol. The van der Waals surface area contributed by atoms with Crippen molar-refractivity contribution in [2.45, 2.75) is 51.6 Å². The maximum Gasteiger partial charge on any atom is 0.416 e.